The molecule has 2 aromatic carbocycles. The molecule has 0 fully saturated rings. The SMILES string of the molecule is CC(C)(C)N(CC(=O)N1CCc2sccc2[C@H]1COc1ccc(Cl)cc1)C(=O)c1cccc(F)c1. The first-order valence-electron chi connectivity index (χ1n) is 11.4. The lowest BCUT2D eigenvalue weighted by atomic mass is 9.99. The van der Waals surface area contributed by atoms with Crippen LogP contribution in [0, 0.1) is 5.82 Å². The summed E-state index contributed by atoms with van der Waals surface area (Å²) in [6, 6.07) is 14.4. The van der Waals surface area contributed by atoms with Crippen LogP contribution in [0.1, 0.15) is 47.6 Å². The van der Waals surface area contributed by atoms with Crippen molar-refractivity contribution in [3.8, 4) is 5.75 Å². The molecule has 0 N–H and O–H groups in total. The largest absolute Gasteiger partial charge is 0.491 e. The maximum absolute atomic E-state index is 13.8. The minimum atomic E-state index is -0.641. The molecular weight excluding hydrogens is 487 g/mol. The summed E-state index contributed by atoms with van der Waals surface area (Å²) >= 11 is 7.66. The average molecular weight is 515 g/mol. The molecule has 0 radical (unpaired) electrons. The summed E-state index contributed by atoms with van der Waals surface area (Å²) in [4.78, 5) is 31.5. The van der Waals surface area contributed by atoms with Crippen LogP contribution in [0.25, 0.3) is 0 Å². The van der Waals surface area contributed by atoms with E-state index in [1.165, 1.54) is 28.0 Å². The number of ether oxygens (including phenoxy) is 1. The summed E-state index contributed by atoms with van der Waals surface area (Å²) in [7, 11) is 0. The van der Waals surface area contributed by atoms with Gasteiger partial charge >= 0.3 is 0 Å². The van der Waals surface area contributed by atoms with Crippen molar-refractivity contribution in [1.29, 1.82) is 0 Å². The van der Waals surface area contributed by atoms with Crippen molar-refractivity contribution in [2.24, 2.45) is 0 Å². The van der Waals surface area contributed by atoms with Crippen LogP contribution < -0.4 is 4.74 Å². The van der Waals surface area contributed by atoms with Crippen molar-refractivity contribution in [3.63, 3.8) is 0 Å². The lowest BCUT2D eigenvalue weighted by Gasteiger charge is -2.40. The molecule has 0 unspecified atom stereocenters. The normalized spacial score (nSPS) is 15.5. The number of carbonyl (C=O) groups is 2. The number of nitrogens with zero attached hydrogens (tertiary/aromatic N) is 2. The number of hydrogen-bond acceptors (Lipinski definition) is 4. The van der Waals surface area contributed by atoms with Gasteiger partial charge in [-0.2, -0.15) is 0 Å². The smallest absolute Gasteiger partial charge is 0.254 e. The van der Waals surface area contributed by atoms with Gasteiger partial charge in [-0.3, -0.25) is 9.59 Å². The molecule has 4 rings (SSSR count). The van der Waals surface area contributed by atoms with E-state index in [2.05, 4.69) is 0 Å². The number of fused-ring (bicyclic) bond motifs is 1. The predicted molar refractivity (Wildman–Crippen MR) is 137 cm³/mol. The predicted octanol–water partition coefficient (Wildman–Crippen LogP) is 5.99. The molecule has 2 heterocycles. The molecule has 5 nitrogen and oxygen atoms in total. The van der Waals surface area contributed by atoms with Crippen molar-refractivity contribution < 1.29 is 18.7 Å². The highest BCUT2D eigenvalue weighted by molar-refractivity contribution is 7.10. The quantitative estimate of drug-likeness (QED) is 0.406. The Kier molecular flexibility index (Phi) is 7.47. The maximum Gasteiger partial charge on any atom is 0.254 e. The average Bonchev–Trinajstić information content (AvgIpc) is 3.30. The highest BCUT2D eigenvalue weighted by Crippen LogP contribution is 2.34. The summed E-state index contributed by atoms with van der Waals surface area (Å²) in [5.41, 5.74) is 0.647. The Morgan fingerprint density at radius 3 is 2.60 bits per heavy atom. The van der Waals surface area contributed by atoms with Gasteiger partial charge in [-0.1, -0.05) is 17.7 Å². The summed E-state index contributed by atoms with van der Waals surface area (Å²) in [5, 5.41) is 2.65. The fourth-order valence-corrected chi connectivity index (χ4v) is 5.25. The molecule has 2 amide bonds. The molecule has 8 heteroatoms. The van der Waals surface area contributed by atoms with Crippen LogP contribution in [-0.4, -0.2) is 46.8 Å². The molecule has 1 atom stereocenters. The Morgan fingerprint density at radius 2 is 1.91 bits per heavy atom. The molecule has 0 saturated heterocycles. The van der Waals surface area contributed by atoms with Gasteiger partial charge in [0, 0.05) is 27.5 Å². The van der Waals surface area contributed by atoms with E-state index in [9.17, 15) is 14.0 Å². The zero-order valence-corrected chi connectivity index (χ0v) is 21.5. The Hall–Kier alpha value is -2.90. The standard InChI is InChI=1S/C27H28ClFN2O3S/c1-27(2,3)31(26(33)18-5-4-6-20(29)15-18)16-25(32)30-13-11-24-22(12-14-35-24)23(30)17-34-21-9-7-19(28)8-10-21/h4-10,12,14-15,23H,11,13,16-17H2,1-3H3/t23-/m1/s1. The summed E-state index contributed by atoms with van der Waals surface area (Å²) in [5.74, 6) is -0.378. The Morgan fingerprint density at radius 1 is 1.17 bits per heavy atom. The van der Waals surface area contributed by atoms with Crippen molar-refractivity contribution >= 4 is 34.8 Å². The molecule has 1 aliphatic heterocycles. The first-order valence-corrected chi connectivity index (χ1v) is 12.7. The van der Waals surface area contributed by atoms with Crippen LogP contribution in [0.4, 0.5) is 4.39 Å². The molecule has 1 aliphatic rings. The van der Waals surface area contributed by atoms with Gasteiger partial charge in [0.25, 0.3) is 5.91 Å². The van der Waals surface area contributed by atoms with E-state index in [0.29, 0.717) is 17.3 Å². The van der Waals surface area contributed by atoms with Crippen LogP contribution in [0.2, 0.25) is 5.02 Å². The van der Waals surface area contributed by atoms with Crippen LogP contribution in [0.5, 0.6) is 5.75 Å². The third-order valence-electron chi connectivity index (χ3n) is 6.06. The van der Waals surface area contributed by atoms with E-state index in [-0.39, 0.29) is 36.6 Å². The molecule has 3 aromatic rings. The van der Waals surface area contributed by atoms with Crippen molar-refractivity contribution in [2.45, 2.75) is 38.8 Å². The second-order valence-electron chi connectivity index (χ2n) is 9.49. The molecule has 1 aromatic heterocycles. The van der Waals surface area contributed by atoms with Crippen LogP contribution in [-0.2, 0) is 11.2 Å². The number of benzene rings is 2. The zero-order chi connectivity index (χ0) is 25.2. The molecule has 35 heavy (non-hydrogen) atoms. The van der Waals surface area contributed by atoms with Gasteiger partial charge in [-0.05, 0) is 86.7 Å². The number of amides is 2. The number of thiophene rings is 1. The van der Waals surface area contributed by atoms with Crippen molar-refractivity contribution in [1.82, 2.24) is 9.80 Å². The first-order chi connectivity index (χ1) is 16.6. The molecule has 0 saturated carbocycles. The summed E-state index contributed by atoms with van der Waals surface area (Å²) in [6.07, 6.45) is 0.754. The minimum Gasteiger partial charge on any atom is -0.491 e. The zero-order valence-electron chi connectivity index (χ0n) is 20.0. The Bertz CT molecular complexity index is 1210. The second kappa shape index (κ2) is 10.4. The van der Waals surface area contributed by atoms with Gasteiger partial charge in [0.05, 0.1) is 6.04 Å². The van der Waals surface area contributed by atoms with E-state index in [4.69, 9.17) is 16.3 Å². The van der Waals surface area contributed by atoms with Gasteiger partial charge in [-0.15, -0.1) is 11.3 Å². The van der Waals surface area contributed by atoms with Crippen LogP contribution in [0.15, 0.2) is 60.0 Å². The third kappa shape index (κ3) is 5.85. The topological polar surface area (TPSA) is 49.9 Å². The lowest BCUT2D eigenvalue weighted by Crippen LogP contribution is -2.53. The van der Waals surface area contributed by atoms with Crippen LogP contribution in [0.3, 0.4) is 0 Å². The Balaban J connectivity index is 1.56. The van der Waals surface area contributed by atoms with Crippen LogP contribution >= 0.6 is 22.9 Å². The van der Waals surface area contributed by atoms with Gasteiger partial charge < -0.3 is 14.5 Å². The minimum absolute atomic E-state index is 0.115. The highest BCUT2D eigenvalue weighted by atomic mass is 35.5. The molecule has 184 valence electrons. The third-order valence-corrected chi connectivity index (χ3v) is 7.31. The molecule has 0 bridgehead atoms. The number of rotatable bonds is 6. The lowest BCUT2D eigenvalue weighted by molar-refractivity contribution is -0.136. The van der Waals surface area contributed by atoms with Gasteiger partial charge in [0.15, 0.2) is 0 Å². The second-order valence-corrected chi connectivity index (χ2v) is 10.9. The first kappa shape index (κ1) is 25.2. The number of hydrogen-bond donors (Lipinski definition) is 0. The van der Waals surface area contributed by atoms with Crippen molar-refractivity contribution in [2.75, 3.05) is 19.7 Å². The molecule has 0 aliphatic carbocycles. The van der Waals surface area contributed by atoms with Gasteiger partial charge in [0.2, 0.25) is 5.91 Å². The molecule has 0 spiro atoms. The monoisotopic (exact) mass is 514 g/mol. The number of carbonyl (C=O) groups excluding carboxylic acids is 2. The highest BCUT2D eigenvalue weighted by Gasteiger charge is 2.36. The maximum atomic E-state index is 13.8. The van der Waals surface area contributed by atoms with E-state index < -0.39 is 11.4 Å². The fraction of sp³-hybridized carbons (Fsp3) is 0.333. The van der Waals surface area contributed by atoms with Gasteiger partial charge in [-0.25, -0.2) is 4.39 Å². The summed E-state index contributed by atoms with van der Waals surface area (Å²) in [6.45, 7) is 6.30. The van der Waals surface area contributed by atoms with E-state index in [0.717, 1.165) is 12.0 Å². The van der Waals surface area contributed by atoms with E-state index >= 15 is 0 Å². The van der Waals surface area contributed by atoms with E-state index in [1.54, 1.807) is 46.6 Å². The van der Waals surface area contributed by atoms with Crippen molar-refractivity contribution in [3.05, 3.63) is 86.8 Å². The molecular formula is C27H28ClFN2O3S. The van der Waals surface area contributed by atoms with E-state index in [1.807, 2.05) is 32.2 Å². The summed E-state index contributed by atoms with van der Waals surface area (Å²) < 4.78 is 19.8. The number of halogens is 2. The van der Waals surface area contributed by atoms with Gasteiger partial charge in [0.1, 0.15) is 24.7 Å². The Labute approximate surface area is 214 Å². The fourth-order valence-electron chi connectivity index (χ4n) is 4.20.